The van der Waals surface area contributed by atoms with Crippen LogP contribution in [0.4, 0.5) is 0 Å². The van der Waals surface area contributed by atoms with Gasteiger partial charge in [-0.15, -0.1) is 0 Å². The number of hydrogen-bond donors (Lipinski definition) is 2. The lowest BCUT2D eigenvalue weighted by molar-refractivity contribution is -0.124. The van der Waals surface area contributed by atoms with Crippen LogP contribution in [0.5, 0.6) is 0 Å². The molecular weight excluding hydrogens is 242 g/mol. The Morgan fingerprint density at radius 3 is 2.74 bits per heavy atom. The van der Waals surface area contributed by atoms with Crippen molar-refractivity contribution in [3.63, 3.8) is 0 Å². The first-order valence-electron chi connectivity index (χ1n) is 5.87. The highest BCUT2D eigenvalue weighted by Gasteiger charge is 1.97. The number of rotatable bonds is 4. The molecule has 2 aromatic rings. The van der Waals surface area contributed by atoms with Crippen LogP contribution in [0.3, 0.4) is 0 Å². The lowest BCUT2D eigenvalue weighted by Gasteiger charge is -2.02. The van der Waals surface area contributed by atoms with E-state index in [2.05, 4.69) is 4.98 Å². The zero-order valence-corrected chi connectivity index (χ0v) is 10.6. The zero-order valence-electron chi connectivity index (χ0n) is 10.6. The van der Waals surface area contributed by atoms with Gasteiger partial charge in [-0.2, -0.15) is 0 Å². The van der Waals surface area contributed by atoms with Gasteiger partial charge in [0.1, 0.15) is 0 Å². The van der Waals surface area contributed by atoms with Crippen LogP contribution in [0.25, 0.3) is 6.08 Å². The second kappa shape index (κ2) is 5.97. The van der Waals surface area contributed by atoms with Crippen LogP contribution in [0, 0.1) is 6.92 Å². The Balaban J connectivity index is 2.02. The summed E-state index contributed by atoms with van der Waals surface area (Å²) in [5.74, 6) is -0.544. The Morgan fingerprint density at radius 1 is 1.42 bits per heavy atom. The highest BCUT2D eigenvalue weighted by Crippen LogP contribution is 2.08. The first-order chi connectivity index (χ1) is 9.17. The Kier molecular flexibility index (Phi) is 4.10. The third-order valence-electron chi connectivity index (χ3n) is 2.64. The van der Waals surface area contributed by atoms with Crippen LogP contribution in [0.2, 0.25) is 0 Å². The fourth-order valence-electron chi connectivity index (χ4n) is 1.71. The second-order valence-corrected chi connectivity index (χ2v) is 4.24. The molecule has 1 aromatic carbocycles. The van der Waals surface area contributed by atoms with Gasteiger partial charge in [-0.3, -0.25) is 10.0 Å². The van der Waals surface area contributed by atoms with Crippen molar-refractivity contribution < 1.29 is 10.0 Å². The summed E-state index contributed by atoms with van der Waals surface area (Å²) in [7, 11) is 0. The third kappa shape index (κ3) is 3.79. The molecule has 0 aliphatic heterocycles. The average molecular weight is 257 g/mol. The number of hydroxylamine groups is 1. The SMILES string of the molecule is Cc1cn(Cc2ccc(/C=C/C(=O)NO)cc2)cn1. The van der Waals surface area contributed by atoms with Crippen molar-refractivity contribution in [2.24, 2.45) is 0 Å². The van der Waals surface area contributed by atoms with Gasteiger partial charge in [0.15, 0.2) is 0 Å². The lowest BCUT2D eigenvalue weighted by atomic mass is 10.1. The monoisotopic (exact) mass is 257 g/mol. The van der Waals surface area contributed by atoms with Crippen LogP contribution in [-0.4, -0.2) is 20.7 Å². The minimum atomic E-state index is -0.544. The summed E-state index contributed by atoms with van der Waals surface area (Å²) in [6.45, 7) is 2.72. The Hall–Kier alpha value is -2.40. The van der Waals surface area contributed by atoms with E-state index in [9.17, 15) is 4.79 Å². The molecule has 19 heavy (non-hydrogen) atoms. The van der Waals surface area contributed by atoms with Crippen molar-refractivity contribution in [2.45, 2.75) is 13.5 Å². The predicted octanol–water partition coefficient (Wildman–Crippen LogP) is 1.76. The van der Waals surface area contributed by atoms with Gasteiger partial charge in [0, 0.05) is 18.8 Å². The van der Waals surface area contributed by atoms with Crippen molar-refractivity contribution in [1.29, 1.82) is 0 Å². The van der Waals surface area contributed by atoms with Gasteiger partial charge in [-0.25, -0.2) is 10.5 Å². The highest BCUT2D eigenvalue weighted by atomic mass is 16.5. The average Bonchev–Trinajstić information content (AvgIpc) is 2.83. The molecule has 0 spiro atoms. The van der Waals surface area contributed by atoms with Gasteiger partial charge < -0.3 is 4.57 Å². The number of carbonyl (C=O) groups excluding carboxylic acids is 1. The largest absolute Gasteiger partial charge is 0.333 e. The summed E-state index contributed by atoms with van der Waals surface area (Å²) in [5, 5.41) is 8.36. The van der Waals surface area contributed by atoms with Crippen molar-refractivity contribution >= 4 is 12.0 Å². The molecule has 0 aliphatic carbocycles. The molecular formula is C14H15N3O2. The number of hydrogen-bond acceptors (Lipinski definition) is 3. The maximum atomic E-state index is 10.8. The molecule has 0 saturated heterocycles. The smallest absolute Gasteiger partial charge is 0.267 e. The highest BCUT2D eigenvalue weighted by molar-refractivity contribution is 5.90. The van der Waals surface area contributed by atoms with Crippen LogP contribution in [-0.2, 0) is 11.3 Å². The molecule has 5 heteroatoms. The van der Waals surface area contributed by atoms with Crippen molar-refractivity contribution in [3.8, 4) is 0 Å². The predicted molar refractivity (Wildman–Crippen MR) is 71.5 cm³/mol. The molecule has 0 radical (unpaired) electrons. The number of nitrogens with zero attached hydrogens (tertiary/aromatic N) is 2. The first kappa shape index (κ1) is 13.0. The Labute approximate surface area is 111 Å². The number of amides is 1. The van der Waals surface area contributed by atoms with E-state index < -0.39 is 5.91 Å². The fraction of sp³-hybridized carbons (Fsp3) is 0.143. The maximum Gasteiger partial charge on any atom is 0.267 e. The van der Waals surface area contributed by atoms with E-state index >= 15 is 0 Å². The van der Waals surface area contributed by atoms with Crippen molar-refractivity contribution in [2.75, 3.05) is 0 Å². The molecule has 2 N–H and O–H groups in total. The van der Waals surface area contributed by atoms with Gasteiger partial charge in [-0.1, -0.05) is 24.3 Å². The number of nitrogens with one attached hydrogen (secondary N) is 1. The molecule has 0 atom stereocenters. The normalized spacial score (nSPS) is 10.8. The molecule has 0 bridgehead atoms. The quantitative estimate of drug-likeness (QED) is 0.498. The topological polar surface area (TPSA) is 67.2 Å². The molecule has 2 rings (SSSR count). The minimum absolute atomic E-state index is 0.544. The number of aryl methyl sites for hydroxylation is 1. The maximum absolute atomic E-state index is 10.8. The molecule has 5 nitrogen and oxygen atoms in total. The Bertz CT molecular complexity index is 585. The van der Waals surface area contributed by atoms with Crippen molar-refractivity contribution in [3.05, 3.63) is 59.7 Å². The standard InChI is InChI=1S/C14H15N3O2/c1-11-8-17(10-15-11)9-13-4-2-12(3-5-13)6-7-14(18)16-19/h2-8,10,19H,9H2,1H3,(H,16,18)/b7-6+. The van der Waals surface area contributed by atoms with Gasteiger partial charge in [-0.05, 0) is 24.1 Å². The summed E-state index contributed by atoms with van der Waals surface area (Å²) >= 11 is 0. The van der Waals surface area contributed by atoms with Gasteiger partial charge >= 0.3 is 0 Å². The number of imidazole rings is 1. The van der Waals surface area contributed by atoms with Crippen LogP contribution >= 0.6 is 0 Å². The van der Waals surface area contributed by atoms with E-state index in [-0.39, 0.29) is 0 Å². The van der Waals surface area contributed by atoms with Gasteiger partial charge in [0.25, 0.3) is 5.91 Å². The van der Waals surface area contributed by atoms with Crippen LogP contribution < -0.4 is 5.48 Å². The first-order valence-corrected chi connectivity index (χ1v) is 5.87. The molecule has 0 fully saturated rings. The van der Waals surface area contributed by atoms with E-state index in [1.807, 2.05) is 42.0 Å². The molecule has 1 amide bonds. The van der Waals surface area contributed by atoms with E-state index in [1.54, 1.807) is 17.9 Å². The summed E-state index contributed by atoms with van der Waals surface area (Å²) in [4.78, 5) is 15.0. The minimum Gasteiger partial charge on any atom is -0.333 e. The van der Waals surface area contributed by atoms with Crippen molar-refractivity contribution in [1.82, 2.24) is 15.0 Å². The summed E-state index contributed by atoms with van der Waals surface area (Å²) in [5.41, 5.74) is 4.59. The molecule has 1 heterocycles. The van der Waals surface area contributed by atoms with Crippen LogP contribution in [0.1, 0.15) is 16.8 Å². The van der Waals surface area contributed by atoms with Gasteiger partial charge in [0.05, 0.1) is 12.0 Å². The molecule has 98 valence electrons. The zero-order chi connectivity index (χ0) is 13.7. The Morgan fingerprint density at radius 2 is 2.16 bits per heavy atom. The van der Waals surface area contributed by atoms with Crippen LogP contribution in [0.15, 0.2) is 42.9 Å². The number of carbonyl (C=O) groups is 1. The lowest BCUT2D eigenvalue weighted by Crippen LogP contribution is -2.14. The number of aromatic nitrogens is 2. The van der Waals surface area contributed by atoms with E-state index in [1.165, 1.54) is 6.08 Å². The fourth-order valence-corrected chi connectivity index (χ4v) is 1.71. The van der Waals surface area contributed by atoms with Gasteiger partial charge in [0.2, 0.25) is 0 Å². The number of benzene rings is 1. The second-order valence-electron chi connectivity index (χ2n) is 4.24. The summed E-state index contributed by atoms with van der Waals surface area (Å²) in [6, 6.07) is 7.82. The van der Waals surface area contributed by atoms with E-state index in [4.69, 9.17) is 5.21 Å². The molecule has 0 aliphatic rings. The summed E-state index contributed by atoms with van der Waals surface area (Å²) in [6.07, 6.45) is 6.69. The van der Waals surface area contributed by atoms with E-state index in [0.717, 1.165) is 23.4 Å². The van der Waals surface area contributed by atoms with E-state index in [0.29, 0.717) is 0 Å². The third-order valence-corrected chi connectivity index (χ3v) is 2.64. The molecule has 0 unspecified atom stereocenters. The molecule has 0 saturated carbocycles. The summed E-state index contributed by atoms with van der Waals surface area (Å²) < 4.78 is 2.01. The molecule has 1 aromatic heterocycles.